The molecule has 25 heavy (non-hydrogen) atoms. The van der Waals surface area contributed by atoms with E-state index in [0.29, 0.717) is 16.1 Å². The van der Waals surface area contributed by atoms with Gasteiger partial charge in [-0.1, -0.05) is 44.2 Å². The quantitative estimate of drug-likeness (QED) is 0.574. The molecule has 1 amide bonds. The molecular formula is C19H27N3O2S. The molecule has 0 aliphatic heterocycles. The molecule has 0 aliphatic carbocycles. The molecule has 0 saturated heterocycles. The highest BCUT2D eigenvalue weighted by Gasteiger charge is 2.17. The summed E-state index contributed by atoms with van der Waals surface area (Å²) >= 11 is 1.33. The van der Waals surface area contributed by atoms with Gasteiger partial charge in [0.1, 0.15) is 0 Å². The molecule has 1 heterocycles. The first-order valence-electron chi connectivity index (χ1n) is 8.91. The number of para-hydroxylation sites is 1. The maximum absolute atomic E-state index is 12.9. The number of benzene rings is 1. The third kappa shape index (κ3) is 4.84. The van der Waals surface area contributed by atoms with Crippen molar-refractivity contribution >= 4 is 28.6 Å². The summed E-state index contributed by atoms with van der Waals surface area (Å²) in [6.07, 6.45) is 2.82. The van der Waals surface area contributed by atoms with Crippen LogP contribution in [0.4, 0.5) is 0 Å². The Morgan fingerprint density at radius 3 is 2.68 bits per heavy atom. The van der Waals surface area contributed by atoms with Gasteiger partial charge >= 0.3 is 0 Å². The lowest BCUT2D eigenvalue weighted by atomic mass is 10.2. The molecule has 2 unspecified atom stereocenters. The van der Waals surface area contributed by atoms with E-state index in [1.165, 1.54) is 11.8 Å². The van der Waals surface area contributed by atoms with Crippen LogP contribution in [0, 0.1) is 0 Å². The molecule has 0 bridgehead atoms. The fraction of sp³-hybridized carbons (Fsp3) is 0.526. The van der Waals surface area contributed by atoms with Crippen LogP contribution in [-0.2, 0) is 4.79 Å². The van der Waals surface area contributed by atoms with Crippen molar-refractivity contribution in [3.63, 3.8) is 0 Å². The first-order chi connectivity index (χ1) is 12.0. The van der Waals surface area contributed by atoms with Crippen LogP contribution in [0.5, 0.6) is 0 Å². The van der Waals surface area contributed by atoms with E-state index in [9.17, 15) is 9.59 Å². The number of aromatic nitrogens is 2. The van der Waals surface area contributed by atoms with Gasteiger partial charge in [-0.25, -0.2) is 4.98 Å². The van der Waals surface area contributed by atoms with E-state index in [0.717, 1.165) is 19.3 Å². The molecule has 0 spiro atoms. The van der Waals surface area contributed by atoms with Crippen molar-refractivity contribution < 1.29 is 4.79 Å². The fourth-order valence-corrected chi connectivity index (χ4v) is 3.66. The summed E-state index contributed by atoms with van der Waals surface area (Å²) in [7, 11) is 0. The largest absolute Gasteiger partial charge is 0.353 e. The summed E-state index contributed by atoms with van der Waals surface area (Å²) in [5.74, 6) is 0.235. The number of nitrogens with one attached hydrogen (secondary N) is 1. The van der Waals surface area contributed by atoms with E-state index in [-0.39, 0.29) is 29.3 Å². The molecule has 136 valence electrons. The minimum absolute atomic E-state index is 0.0240. The lowest BCUT2D eigenvalue weighted by molar-refractivity contribution is -0.119. The van der Waals surface area contributed by atoms with Crippen molar-refractivity contribution in [2.45, 2.75) is 64.2 Å². The molecule has 0 radical (unpaired) electrons. The van der Waals surface area contributed by atoms with Crippen LogP contribution in [-0.4, -0.2) is 27.3 Å². The van der Waals surface area contributed by atoms with Gasteiger partial charge in [-0.15, -0.1) is 0 Å². The number of hydrogen-bond acceptors (Lipinski definition) is 4. The summed E-state index contributed by atoms with van der Waals surface area (Å²) < 4.78 is 1.72. The Bertz CT molecular complexity index is 788. The lowest BCUT2D eigenvalue weighted by Gasteiger charge is -2.18. The maximum Gasteiger partial charge on any atom is 0.262 e. The molecule has 5 nitrogen and oxygen atoms in total. The maximum atomic E-state index is 12.9. The van der Waals surface area contributed by atoms with Gasteiger partial charge < -0.3 is 5.32 Å². The molecule has 1 N–H and O–H groups in total. The topological polar surface area (TPSA) is 64.0 Å². The third-order valence-electron chi connectivity index (χ3n) is 4.27. The van der Waals surface area contributed by atoms with E-state index in [4.69, 9.17) is 0 Å². The van der Waals surface area contributed by atoms with Crippen LogP contribution >= 0.6 is 11.8 Å². The number of carbonyl (C=O) groups is 1. The summed E-state index contributed by atoms with van der Waals surface area (Å²) in [6.45, 7) is 8.15. The van der Waals surface area contributed by atoms with Crippen molar-refractivity contribution in [3.8, 4) is 0 Å². The number of hydrogen-bond donors (Lipinski definition) is 1. The lowest BCUT2D eigenvalue weighted by Crippen LogP contribution is -2.34. The molecule has 6 heteroatoms. The second-order valence-corrected chi connectivity index (χ2v) is 7.33. The van der Waals surface area contributed by atoms with E-state index in [2.05, 4.69) is 17.2 Å². The van der Waals surface area contributed by atoms with Crippen LogP contribution in [0.25, 0.3) is 10.9 Å². The van der Waals surface area contributed by atoms with Crippen LogP contribution in [0.1, 0.15) is 53.0 Å². The predicted octanol–water partition coefficient (Wildman–Crippen LogP) is 3.76. The monoisotopic (exact) mass is 361 g/mol. The number of rotatable bonds is 8. The van der Waals surface area contributed by atoms with Crippen molar-refractivity contribution in [1.82, 2.24) is 14.9 Å². The average molecular weight is 362 g/mol. The Hall–Kier alpha value is -1.82. The van der Waals surface area contributed by atoms with Crippen molar-refractivity contribution in [3.05, 3.63) is 34.6 Å². The van der Waals surface area contributed by atoms with Gasteiger partial charge in [0.2, 0.25) is 5.91 Å². The van der Waals surface area contributed by atoms with Gasteiger partial charge in [0, 0.05) is 12.1 Å². The minimum Gasteiger partial charge on any atom is -0.353 e. The van der Waals surface area contributed by atoms with Gasteiger partial charge in [-0.2, -0.15) is 0 Å². The molecule has 1 aromatic carbocycles. The number of carbonyl (C=O) groups excluding carboxylic acids is 1. The molecule has 0 fully saturated rings. The van der Waals surface area contributed by atoms with Crippen LogP contribution in [0.2, 0.25) is 0 Å². The number of thioether (sulfide) groups is 1. The zero-order valence-corrected chi connectivity index (χ0v) is 16.2. The molecule has 1 aromatic heterocycles. The molecule has 2 atom stereocenters. The molecule has 2 rings (SSSR count). The van der Waals surface area contributed by atoms with Gasteiger partial charge in [-0.3, -0.25) is 14.2 Å². The van der Waals surface area contributed by atoms with Crippen molar-refractivity contribution in [2.75, 3.05) is 5.75 Å². The Morgan fingerprint density at radius 2 is 2.00 bits per heavy atom. The highest BCUT2D eigenvalue weighted by atomic mass is 32.2. The summed E-state index contributed by atoms with van der Waals surface area (Å²) in [6, 6.07) is 7.56. The van der Waals surface area contributed by atoms with Gasteiger partial charge in [0.25, 0.3) is 5.56 Å². The standard InChI is InChI=1S/C19H27N3O2S/c1-5-9-13(3)20-17(23)12-25-19-21-16-11-8-7-10-15(16)18(24)22(19)14(4)6-2/h7-8,10-11,13-14H,5-6,9,12H2,1-4H3,(H,20,23). The van der Waals surface area contributed by atoms with Gasteiger partial charge in [-0.05, 0) is 38.8 Å². The van der Waals surface area contributed by atoms with Crippen molar-refractivity contribution in [1.29, 1.82) is 0 Å². The van der Waals surface area contributed by atoms with Gasteiger partial charge in [0.15, 0.2) is 5.16 Å². The van der Waals surface area contributed by atoms with Gasteiger partial charge in [0.05, 0.1) is 16.7 Å². The second-order valence-electron chi connectivity index (χ2n) is 6.39. The summed E-state index contributed by atoms with van der Waals surface area (Å²) in [5, 5.41) is 4.22. The normalized spacial score (nSPS) is 13.6. The Morgan fingerprint density at radius 1 is 1.28 bits per heavy atom. The average Bonchev–Trinajstić information content (AvgIpc) is 2.59. The number of nitrogens with zero attached hydrogens (tertiary/aromatic N) is 2. The smallest absolute Gasteiger partial charge is 0.262 e. The number of amides is 1. The molecular weight excluding hydrogens is 334 g/mol. The van der Waals surface area contributed by atoms with Crippen LogP contribution < -0.4 is 10.9 Å². The van der Waals surface area contributed by atoms with Crippen molar-refractivity contribution in [2.24, 2.45) is 0 Å². The van der Waals surface area contributed by atoms with E-state index in [1.54, 1.807) is 10.6 Å². The predicted molar refractivity (Wildman–Crippen MR) is 104 cm³/mol. The highest BCUT2D eigenvalue weighted by molar-refractivity contribution is 7.99. The minimum atomic E-state index is -0.0396. The Labute approximate surface area is 153 Å². The molecule has 0 aliphatic rings. The van der Waals surface area contributed by atoms with E-state index in [1.807, 2.05) is 39.0 Å². The van der Waals surface area contributed by atoms with E-state index < -0.39 is 0 Å². The first kappa shape index (κ1) is 19.5. The third-order valence-corrected chi connectivity index (χ3v) is 5.22. The second kappa shape index (κ2) is 9.04. The van der Waals surface area contributed by atoms with Crippen LogP contribution in [0.3, 0.4) is 0 Å². The summed E-state index contributed by atoms with van der Waals surface area (Å²) in [5.41, 5.74) is 0.636. The van der Waals surface area contributed by atoms with Crippen LogP contribution in [0.15, 0.2) is 34.2 Å². The first-order valence-corrected chi connectivity index (χ1v) is 9.89. The summed E-state index contributed by atoms with van der Waals surface area (Å²) in [4.78, 5) is 29.7. The molecule has 2 aromatic rings. The fourth-order valence-electron chi connectivity index (χ4n) is 2.75. The molecule has 0 saturated carbocycles. The highest BCUT2D eigenvalue weighted by Crippen LogP contribution is 2.22. The van der Waals surface area contributed by atoms with E-state index >= 15 is 0 Å². The number of fused-ring (bicyclic) bond motifs is 1. The zero-order valence-electron chi connectivity index (χ0n) is 15.4. The Balaban J connectivity index is 2.27. The zero-order chi connectivity index (χ0) is 18.4. The SMILES string of the molecule is CCCC(C)NC(=O)CSc1nc2ccccc2c(=O)n1C(C)CC. The Kier molecular flexibility index (Phi) is 7.05.